The van der Waals surface area contributed by atoms with E-state index in [1.807, 2.05) is 17.5 Å². The Kier molecular flexibility index (Phi) is 5.38. The van der Waals surface area contributed by atoms with Gasteiger partial charge in [-0.2, -0.15) is 0 Å². The first kappa shape index (κ1) is 19.0. The molecule has 0 aliphatic carbocycles. The number of rotatable bonds is 4. The van der Waals surface area contributed by atoms with Gasteiger partial charge in [-0.3, -0.25) is 4.79 Å². The van der Waals surface area contributed by atoms with Crippen LogP contribution in [0.1, 0.15) is 9.67 Å². The van der Waals surface area contributed by atoms with Crippen molar-refractivity contribution in [1.29, 1.82) is 0 Å². The Hall–Kier alpha value is -2.36. The zero-order valence-electron chi connectivity index (χ0n) is 14.1. The highest BCUT2D eigenvalue weighted by Gasteiger charge is 2.11. The van der Waals surface area contributed by atoms with E-state index in [-0.39, 0.29) is 5.91 Å². The van der Waals surface area contributed by atoms with E-state index in [0.717, 1.165) is 14.5 Å². The van der Waals surface area contributed by atoms with Crippen LogP contribution in [0.3, 0.4) is 0 Å². The molecule has 0 aliphatic rings. The second-order valence-corrected chi connectivity index (χ2v) is 8.55. The third kappa shape index (κ3) is 4.06. The van der Waals surface area contributed by atoms with Crippen molar-refractivity contribution in [2.24, 2.45) is 0 Å². The molecule has 140 valence electrons. The first-order valence-electron chi connectivity index (χ1n) is 8.03. The van der Waals surface area contributed by atoms with Crippen molar-refractivity contribution in [3.8, 4) is 16.9 Å². The molecular formula is C19H11Br2FN4OS. The molecule has 0 spiro atoms. The van der Waals surface area contributed by atoms with Crippen molar-refractivity contribution in [3.63, 3.8) is 0 Å². The number of anilines is 1. The van der Waals surface area contributed by atoms with Crippen LogP contribution in [0.2, 0.25) is 0 Å². The number of carbonyl (C=O) groups is 1. The molecule has 9 heteroatoms. The van der Waals surface area contributed by atoms with Gasteiger partial charge in [0, 0.05) is 25.6 Å². The fourth-order valence-electron chi connectivity index (χ4n) is 2.52. The highest BCUT2D eigenvalue weighted by molar-refractivity contribution is 9.10. The molecule has 28 heavy (non-hydrogen) atoms. The Labute approximate surface area is 180 Å². The van der Waals surface area contributed by atoms with Crippen LogP contribution in [0.15, 0.2) is 69.1 Å². The van der Waals surface area contributed by atoms with Crippen LogP contribution < -0.4 is 5.32 Å². The highest BCUT2D eigenvalue weighted by atomic mass is 79.9. The van der Waals surface area contributed by atoms with E-state index in [1.165, 1.54) is 22.1 Å². The smallest absolute Gasteiger partial charge is 0.265 e. The topological polar surface area (TPSA) is 59.8 Å². The van der Waals surface area contributed by atoms with Gasteiger partial charge in [0.25, 0.3) is 5.91 Å². The van der Waals surface area contributed by atoms with E-state index in [4.69, 9.17) is 0 Å². The largest absolute Gasteiger partial charge is 0.321 e. The molecule has 0 saturated heterocycles. The van der Waals surface area contributed by atoms with E-state index in [9.17, 15) is 9.18 Å². The van der Waals surface area contributed by atoms with Crippen molar-refractivity contribution < 1.29 is 9.18 Å². The monoisotopic (exact) mass is 520 g/mol. The minimum Gasteiger partial charge on any atom is -0.321 e. The molecule has 5 nitrogen and oxygen atoms in total. The van der Waals surface area contributed by atoms with E-state index < -0.39 is 5.82 Å². The summed E-state index contributed by atoms with van der Waals surface area (Å²) < 4.78 is 17.0. The number of nitrogens with zero attached hydrogens (tertiary/aromatic N) is 3. The zero-order valence-corrected chi connectivity index (χ0v) is 18.1. The van der Waals surface area contributed by atoms with Gasteiger partial charge in [-0.05, 0) is 52.3 Å². The number of amides is 1. The molecule has 0 saturated carbocycles. The Morgan fingerprint density at radius 2 is 1.86 bits per heavy atom. The molecule has 2 aromatic carbocycles. The Balaban J connectivity index is 1.52. The molecule has 1 N–H and O–H groups in total. The molecule has 0 fully saturated rings. The average molecular weight is 522 g/mol. The Morgan fingerprint density at radius 3 is 2.57 bits per heavy atom. The maximum atomic E-state index is 14.0. The van der Waals surface area contributed by atoms with Crippen LogP contribution in [0, 0.1) is 5.82 Å². The van der Waals surface area contributed by atoms with Gasteiger partial charge in [0.1, 0.15) is 17.2 Å². The van der Waals surface area contributed by atoms with Crippen LogP contribution in [-0.2, 0) is 0 Å². The number of hydrogen-bond donors (Lipinski definition) is 1. The lowest BCUT2D eigenvalue weighted by Crippen LogP contribution is -2.09. The van der Waals surface area contributed by atoms with Gasteiger partial charge in [-0.1, -0.05) is 33.3 Å². The zero-order chi connectivity index (χ0) is 19.7. The van der Waals surface area contributed by atoms with Crippen molar-refractivity contribution in [2.75, 3.05) is 5.32 Å². The third-order valence-electron chi connectivity index (χ3n) is 3.88. The molecule has 0 bridgehead atoms. The molecule has 0 atom stereocenters. The van der Waals surface area contributed by atoms with Crippen molar-refractivity contribution in [1.82, 2.24) is 15.0 Å². The van der Waals surface area contributed by atoms with Crippen LogP contribution >= 0.6 is 43.2 Å². The minimum absolute atomic E-state index is 0.167. The molecule has 0 radical (unpaired) electrons. The lowest BCUT2D eigenvalue weighted by molar-refractivity contribution is 0.103. The molecule has 0 unspecified atom stereocenters. The molecule has 4 rings (SSSR count). The number of thiophene rings is 1. The van der Waals surface area contributed by atoms with E-state index in [2.05, 4.69) is 47.5 Å². The number of hydrogen-bond acceptors (Lipinski definition) is 4. The van der Waals surface area contributed by atoms with Gasteiger partial charge < -0.3 is 5.32 Å². The fourth-order valence-corrected chi connectivity index (χ4v) is 4.19. The summed E-state index contributed by atoms with van der Waals surface area (Å²) in [6, 6.07) is 13.6. The molecule has 1 amide bonds. The second kappa shape index (κ2) is 7.94. The van der Waals surface area contributed by atoms with Gasteiger partial charge in [0.15, 0.2) is 0 Å². The SMILES string of the molecule is O=C(Nc1ccc(-c2cn(-c3cc(Br)ccc3F)nn2)cc1)c1cc(Br)cs1. The van der Waals surface area contributed by atoms with Crippen LogP contribution in [0.4, 0.5) is 10.1 Å². The summed E-state index contributed by atoms with van der Waals surface area (Å²) in [7, 11) is 0. The summed E-state index contributed by atoms with van der Waals surface area (Å²) in [5.74, 6) is -0.558. The summed E-state index contributed by atoms with van der Waals surface area (Å²) in [5, 5.41) is 12.8. The number of aromatic nitrogens is 3. The number of halogens is 3. The van der Waals surface area contributed by atoms with Gasteiger partial charge in [-0.25, -0.2) is 9.07 Å². The van der Waals surface area contributed by atoms with Crippen LogP contribution in [0.5, 0.6) is 0 Å². The Morgan fingerprint density at radius 1 is 1.07 bits per heavy atom. The van der Waals surface area contributed by atoms with Crippen molar-refractivity contribution in [2.45, 2.75) is 0 Å². The minimum atomic E-state index is -0.391. The standard InChI is InChI=1S/C19H11Br2FN4OS/c20-12-3-6-15(22)17(7-12)26-9-16(24-25-26)11-1-4-14(5-2-11)23-19(27)18-8-13(21)10-28-18/h1-10H,(H,23,27). The molecule has 4 aromatic rings. The van der Waals surface area contributed by atoms with Gasteiger partial charge in [0.2, 0.25) is 0 Å². The molecule has 2 aromatic heterocycles. The molecule has 2 heterocycles. The summed E-state index contributed by atoms with van der Waals surface area (Å²) in [5.41, 5.74) is 2.38. The molecule has 0 aliphatic heterocycles. The van der Waals surface area contributed by atoms with Gasteiger partial charge >= 0.3 is 0 Å². The molecular weight excluding hydrogens is 511 g/mol. The lowest BCUT2D eigenvalue weighted by Gasteiger charge is -2.04. The first-order valence-corrected chi connectivity index (χ1v) is 10.5. The summed E-state index contributed by atoms with van der Waals surface area (Å²) in [4.78, 5) is 12.8. The number of carbonyl (C=O) groups excluding carboxylic acids is 1. The quantitative estimate of drug-likeness (QED) is 0.363. The van der Waals surface area contributed by atoms with Crippen molar-refractivity contribution in [3.05, 3.63) is 79.7 Å². The van der Waals surface area contributed by atoms with Gasteiger partial charge in [-0.15, -0.1) is 16.4 Å². The van der Waals surface area contributed by atoms with Crippen LogP contribution in [0.25, 0.3) is 16.9 Å². The average Bonchev–Trinajstić information content (AvgIpc) is 3.34. The summed E-state index contributed by atoms with van der Waals surface area (Å²) >= 11 is 8.03. The predicted molar refractivity (Wildman–Crippen MR) is 114 cm³/mol. The fraction of sp³-hybridized carbons (Fsp3) is 0. The number of nitrogens with one attached hydrogen (secondary N) is 1. The lowest BCUT2D eigenvalue weighted by atomic mass is 10.1. The second-order valence-electron chi connectivity index (χ2n) is 5.80. The van der Waals surface area contributed by atoms with Gasteiger partial charge in [0.05, 0.1) is 11.1 Å². The van der Waals surface area contributed by atoms with E-state index in [0.29, 0.717) is 21.9 Å². The normalized spacial score (nSPS) is 10.8. The predicted octanol–water partition coefficient (Wildman–Crippen LogP) is 5.91. The number of benzene rings is 2. The highest BCUT2D eigenvalue weighted by Crippen LogP contribution is 2.24. The third-order valence-corrected chi connectivity index (χ3v) is 6.06. The van der Waals surface area contributed by atoms with Crippen molar-refractivity contribution >= 4 is 54.8 Å². The maximum absolute atomic E-state index is 14.0. The van der Waals surface area contributed by atoms with E-state index >= 15 is 0 Å². The maximum Gasteiger partial charge on any atom is 0.265 e. The first-order chi connectivity index (χ1) is 13.5. The summed E-state index contributed by atoms with van der Waals surface area (Å²) in [6.07, 6.45) is 1.65. The van der Waals surface area contributed by atoms with E-state index in [1.54, 1.807) is 36.5 Å². The summed E-state index contributed by atoms with van der Waals surface area (Å²) in [6.45, 7) is 0. The Bertz CT molecular complexity index is 1160. The van der Waals surface area contributed by atoms with Crippen LogP contribution in [-0.4, -0.2) is 20.9 Å².